The first-order valence-corrected chi connectivity index (χ1v) is 11.0. The highest BCUT2D eigenvalue weighted by molar-refractivity contribution is 5.89. The summed E-state index contributed by atoms with van der Waals surface area (Å²) >= 11 is 0. The van der Waals surface area contributed by atoms with Gasteiger partial charge in [0.2, 0.25) is 5.76 Å². The highest BCUT2D eigenvalue weighted by Gasteiger charge is 2.40. The molecule has 0 fully saturated rings. The number of hydrogen-bond acceptors (Lipinski definition) is 6. The van der Waals surface area contributed by atoms with Crippen molar-refractivity contribution in [3.63, 3.8) is 0 Å². The van der Waals surface area contributed by atoms with Gasteiger partial charge in [-0.25, -0.2) is 4.79 Å². The smallest absolute Gasteiger partial charge is 0.378 e. The summed E-state index contributed by atoms with van der Waals surface area (Å²) in [5.74, 6) is -0.0782. The second kappa shape index (κ2) is 13.6. The molecule has 0 amide bonds. The molecule has 1 aliphatic heterocycles. The van der Waals surface area contributed by atoms with E-state index < -0.39 is 30.5 Å². The normalized spacial score (nSPS) is 19.6. The molecule has 0 bridgehead atoms. The van der Waals surface area contributed by atoms with Crippen LogP contribution in [0, 0.1) is 11.8 Å². The molecule has 6 nitrogen and oxygen atoms in total. The molecule has 0 saturated heterocycles. The maximum atomic E-state index is 11.4. The fraction of sp³-hybridized carbons (Fsp3) is 0.783. The van der Waals surface area contributed by atoms with Gasteiger partial charge in [-0.05, 0) is 44.4 Å². The van der Waals surface area contributed by atoms with Crippen LogP contribution in [0.2, 0.25) is 0 Å². The number of aliphatic hydroxyl groups excluding tert-OH is 3. The molecule has 1 aliphatic rings. The maximum absolute atomic E-state index is 11.4. The molecule has 168 valence electrons. The van der Waals surface area contributed by atoms with Crippen LogP contribution in [-0.4, -0.2) is 46.7 Å². The number of carbonyl (C=O) groups excluding carboxylic acids is 1. The molecular weight excluding hydrogens is 372 g/mol. The van der Waals surface area contributed by atoms with E-state index in [0.717, 1.165) is 31.1 Å². The minimum absolute atomic E-state index is 0.0938. The van der Waals surface area contributed by atoms with Crippen molar-refractivity contribution in [3.05, 3.63) is 23.2 Å². The minimum atomic E-state index is -1.31. The zero-order valence-corrected chi connectivity index (χ0v) is 18.5. The minimum Gasteiger partial charge on any atom is -0.499 e. The number of hydrogen-bond donors (Lipinski definition) is 3. The average Bonchev–Trinajstić information content (AvgIpc) is 2.95. The molecular formula is C23H40O6. The van der Waals surface area contributed by atoms with E-state index in [4.69, 9.17) is 14.6 Å². The summed E-state index contributed by atoms with van der Waals surface area (Å²) in [4.78, 5) is 11.4. The van der Waals surface area contributed by atoms with Gasteiger partial charge in [0.15, 0.2) is 11.9 Å². The van der Waals surface area contributed by atoms with Crippen molar-refractivity contribution >= 4 is 5.97 Å². The Balaban J connectivity index is 2.22. The number of unbranched alkanes of at least 4 members (excludes halogenated alkanes) is 1. The number of carbonyl (C=O) groups is 1. The van der Waals surface area contributed by atoms with E-state index >= 15 is 0 Å². The molecule has 1 heterocycles. The van der Waals surface area contributed by atoms with Gasteiger partial charge in [-0.3, -0.25) is 0 Å². The molecule has 0 saturated carbocycles. The third kappa shape index (κ3) is 9.68. The SMILES string of the molecule is CC(=CCCCOC1=C(O)C(=O)O[C@@H]1[C@@H](O)CO)CCCC(C)CCCC(C)C. The number of esters is 1. The molecule has 0 spiro atoms. The topological polar surface area (TPSA) is 96.2 Å². The molecule has 0 aliphatic carbocycles. The van der Waals surface area contributed by atoms with Crippen molar-refractivity contribution in [2.75, 3.05) is 13.2 Å². The van der Waals surface area contributed by atoms with Crippen LogP contribution in [0.1, 0.15) is 79.1 Å². The number of aliphatic hydroxyl groups is 3. The van der Waals surface area contributed by atoms with Crippen LogP contribution in [0.4, 0.5) is 0 Å². The summed E-state index contributed by atoms with van der Waals surface area (Å²) in [6, 6.07) is 0. The summed E-state index contributed by atoms with van der Waals surface area (Å²) in [7, 11) is 0. The number of ether oxygens (including phenoxy) is 2. The maximum Gasteiger partial charge on any atom is 0.378 e. The summed E-state index contributed by atoms with van der Waals surface area (Å²) < 4.78 is 10.3. The van der Waals surface area contributed by atoms with E-state index in [1.165, 1.54) is 37.7 Å². The van der Waals surface area contributed by atoms with Gasteiger partial charge in [0.25, 0.3) is 0 Å². The van der Waals surface area contributed by atoms with E-state index in [0.29, 0.717) is 6.61 Å². The van der Waals surface area contributed by atoms with Gasteiger partial charge in [-0.15, -0.1) is 0 Å². The van der Waals surface area contributed by atoms with E-state index in [-0.39, 0.29) is 5.76 Å². The predicted molar refractivity (Wildman–Crippen MR) is 113 cm³/mol. The second-order valence-electron chi connectivity index (χ2n) is 8.65. The van der Waals surface area contributed by atoms with Gasteiger partial charge in [-0.1, -0.05) is 58.1 Å². The van der Waals surface area contributed by atoms with Crippen LogP contribution < -0.4 is 0 Å². The van der Waals surface area contributed by atoms with Gasteiger partial charge in [0.05, 0.1) is 13.2 Å². The van der Waals surface area contributed by atoms with Crippen molar-refractivity contribution in [3.8, 4) is 0 Å². The van der Waals surface area contributed by atoms with Gasteiger partial charge in [-0.2, -0.15) is 0 Å². The fourth-order valence-electron chi connectivity index (χ4n) is 3.42. The van der Waals surface area contributed by atoms with Crippen LogP contribution in [-0.2, 0) is 14.3 Å². The molecule has 6 heteroatoms. The predicted octanol–water partition coefficient (Wildman–Crippen LogP) is 4.41. The monoisotopic (exact) mass is 412 g/mol. The standard InChI is InChI=1S/C23H40O6/c1-16(2)9-7-11-18(4)13-8-12-17(3)10-5-6-14-28-22-20(26)23(27)29-21(22)19(25)15-24/h10,16,18-19,21,24-26H,5-9,11-15H2,1-4H3/t18?,19-,21+/m0/s1. The van der Waals surface area contributed by atoms with E-state index in [9.17, 15) is 15.0 Å². The highest BCUT2D eigenvalue weighted by Crippen LogP contribution is 2.25. The quantitative estimate of drug-likeness (QED) is 0.209. The van der Waals surface area contributed by atoms with E-state index in [2.05, 4.69) is 33.8 Å². The molecule has 3 N–H and O–H groups in total. The molecule has 1 rings (SSSR count). The number of rotatable bonds is 15. The van der Waals surface area contributed by atoms with Gasteiger partial charge in [0, 0.05) is 0 Å². The van der Waals surface area contributed by atoms with Crippen LogP contribution in [0.15, 0.2) is 23.2 Å². The largest absolute Gasteiger partial charge is 0.499 e. The lowest BCUT2D eigenvalue weighted by Gasteiger charge is -2.18. The number of cyclic esters (lactones) is 1. The first kappa shape index (κ1) is 25.5. The van der Waals surface area contributed by atoms with Crippen LogP contribution >= 0.6 is 0 Å². The Morgan fingerprint density at radius 3 is 2.52 bits per heavy atom. The first-order chi connectivity index (χ1) is 13.8. The van der Waals surface area contributed by atoms with E-state index in [1.807, 2.05) is 0 Å². The first-order valence-electron chi connectivity index (χ1n) is 11.0. The summed E-state index contributed by atoms with van der Waals surface area (Å²) in [6.07, 6.45) is 8.85. The summed E-state index contributed by atoms with van der Waals surface area (Å²) in [5, 5.41) is 28.4. The van der Waals surface area contributed by atoms with Crippen LogP contribution in [0.5, 0.6) is 0 Å². The van der Waals surface area contributed by atoms with E-state index in [1.54, 1.807) is 0 Å². The molecule has 3 atom stereocenters. The van der Waals surface area contributed by atoms with Crippen molar-refractivity contribution < 1.29 is 29.6 Å². The Labute approximate surface area is 175 Å². The number of allylic oxidation sites excluding steroid dienone is 2. The fourth-order valence-corrected chi connectivity index (χ4v) is 3.42. The van der Waals surface area contributed by atoms with Gasteiger partial charge < -0.3 is 24.8 Å². The Morgan fingerprint density at radius 2 is 1.86 bits per heavy atom. The lowest BCUT2D eigenvalue weighted by Crippen LogP contribution is -2.32. The van der Waals surface area contributed by atoms with Crippen LogP contribution in [0.25, 0.3) is 0 Å². The highest BCUT2D eigenvalue weighted by atomic mass is 16.6. The van der Waals surface area contributed by atoms with Gasteiger partial charge in [0.1, 0.15) is 6.10 Å². The Kier molecular flexibility index (Phi) is 12.0. The second-order valence-corrected chi connectivity index (χ2v) is 8.65. The third-order valence-electron chi connectivity index (χ3n) is 5.30. The van der Waals surface area contributed by atoms with Crippen molar-refractivity contribution in [1.82, 2.24) is 0 Å². The Hall–Kier alpha value is -1.53. The molecule has 0 radical (unpaired) electrons. The van der Waals surface area contributed by atoms with Crippen molar-refractivity contribution in [2.45, 2.75) is 91.3 Å². The zero-order chi connectivity index (χ0) is 21.8. The lowest BCUT2D eigenvalue weighted by molar-refractivity contribution is -0.148. The van der Waals surface area contributed by atoms with Gasteiger partial charge >= 0.3 is 5.97 Å². The molecule has 0 aromatic rings. The van der Waals surface area contributed by atoms with Crippen molar-refractivity contribution in [1.29, 1.82) is 0 Å². The molecule has 0 aromatic carbocycles. The van der Waals surface area contributed by atoms with Crippen LogP contribution in [0.3, 0.4) is 0 Å². The molecule has 1 unspecified atom stereocenters. The lowest BCUT2D eigenvalue weighted by atomic mass is 9.94. The Bertz CT molecular complexity index is 552. The zero-order valence-electron chi connectivity index (χ0n) is 18.5. The average molecular weight is 413 g/mol. The Morgan fingerprint density at radius 1 is 1.17 bits per heavy atom. The molecule has 0 aromatic heterocycles. The summed E-state index contributed by atoms with van der Waals surface area (Å²) in [6.45, 7) is 8.76. The third-order valence-corrected chi connectivity index (χ3v) is 5.30. The molecule has 29 heavy (non-hydrogen) atoms. The van der Waals surface area contributed by atoms with Crippen molar-refractivity contribution in [2.24, 2.45) is 11.8 Å². The summed E-state index contributed by atoms with van der Waals surface area (Å²) in [5.41, 5.74) is 1.37.